The number of nitrogens with one attached hydrogen (secondary N) is 1. The van der Waals surface area contributed by atoms with E-state index in [4.69, 9.17) is 0 Å². The molecule has 0 spiro atoms. The number of sulfonamides is 1. The van der Waals surface area contributed by atoms with Crippen molar-refractivity contribution >= 4 is 21.6 Å². The molecule has 0 aliphatic heterocycles. The van der Waals surface area contributed by atoms with E-state index in [-0.39, 0.29) is 10.6 Å². The molecule has 0 saturated heterocycles. The molecule has 0 bridgehead atoms. The molecule has 1 N–H and O–H groups in total. The van der Waals surface area contributed by atoms with Crippen molar-refractivity contribution in [1.82, 2.24) is 19.3 Å². The second kappa shape index (κ2) is 7.06. The van der Waals surface area contributed by atoms with Crippen LogP contribution in [0.4, 0.5) is 5.69 Å². The summed E-state index contributed by atoms with van der Waals surface area (Å²) in [6, 6.07) is 15.2. The molecule has 8 nitrogen and oxygen atoms in total. The smallest absolute Gasteiger partial charge is 0.277 e. The van der Waals surface area contributed by atoms with Crippen molar-refractivity contribution in [2.24, 2.45) is 0 Å². The largest absolute Gasteiger partial charge is 0.321 e. The second-order valence-corrected chi connectivity index (χ2v) is 7.80. The van der Waals surface area contributed by atoms with Crippen LogP contribution in [0.25, 0.3) is 5.69 Å². The maximum absolute atomic E-state index is 12.3. The average molecular weight is 371 g/mol. The Labute approximate surface area is 151 Å². The zero-order valence-corrected chi connectivity index (χ0v) is 15.0. The Morgan fingerprint density at radius 3 is 2.31 bits per heavy atom. The van der Waals surface area contributed by atoms with Gasteiger partial charge in [-0.2, -0.15) is 0 Å². The average Bonchev–Trinajstić information content (AvgIpc) is 3.13. The van der Waals surface area contributed by atoms with Crippen molar-refractivity contribution < 1.29 is 13.2 Å². The fourth-order valence-corrected chi connectivity index (χ4v) is 3.09. The normalized spacial score (nSPS) is 11.5. The van der Waals surface area contributed by atoms with Crippen LogP contribution in [0.3, 0.4) is 0 Å². The van der Waals surface area contributed by atoms with Crippen LogP contribution in [-0.4, -0.2) is 47.7 Å². The zero-order chi connectivity index (χ0) is 18.7. The molecule has 0 radical (unpaired) electrons. The van der Waals surface area contributed by atoms with Crippen LogP contribution in [0, 0.1) is 0 Å². The third-order valence-electron chi connectivity index (χ3n) is 3.64. The number of rotatable bonds is 5. The molecule has 26 heavy (non-hydrogen) atoms. The molecular weight excluding hydrogens is 354 g/mol. The highest BCUT2D eigenvalue weighted by Gasteiger charge is 2.17. The molecule has 3 rings (SSSR count). The highest BCUT2D eigenvalue weighted by Crippen LogP contribution is 2.17. The van der Waals surface area contributed by atoms with Gasteiger partial charge in [0.15, 0.2) is 5.69 Å². The molecule has 134 valence electrons. The summed E-state index contributed by atoms with van der Waals surface area (Å²) in [4.78, 5) is 12.4. The van der Waals surface area contributed by atoms with Gasteiger partial charge in [0.1, 0.15) is 0 Å². The summed E-state index contributed by atoms with van der Waals surface area (Å²) in [6.45, 7) is 0. The fourth-order valence-electron chi connectivity index (χ4n) is 2.19. The number of benzene rings is 2. The lowest BCUT2D eigenvalue weighted by atomic mass is 10.3. The second-order valence-electron chi connectivity index (χ2n) is 5.65. The molecule has 1 amide bonds. The number of anilines is 1. The van der Waals surface area contributed by atoms with Gasteiger partial charge in [0.05, 0.1) is 16.8 Å². The number of para-hydroxylation sites is 1. The van der Waals surface area contributed by atoms with Crippen molar-refractivity contribution in [3.05, 3.63) is 66.5 Å². The number of carbonyl (C=O) groups is 1. The highest BCUT2D eigenvalue weighted by atomic mass is 32.2. The van der Waals surface area contributed by atoms with Gasteiger partial charge >= 0.3 is 0 Å². The fraction of sp³-hybridized carbons (Fsp3) is 0.118. The molecule has 1 heterocycles. The minimum Gasteiger partial charge on any atom is -0.321 e. The van der Waals surface area contributed by atoms with E-state index in [2.05, 4.69) is 15.6 Å². The summed E-state index contributed by atoms with van der Waals surface area (Å²) in [5.74, 6) is -0.435. The van der Waals surface area contributed by atoms with Gasteiger partial charge in [-0.25, -0.2) is 17.4 Å². The Morgan fingerprint density at radius 1 is 1.04 bits per heavy atom. The minimum absolute atomic E-state index is 0.149. The Morgan fingerprint density at radius 2 is 1.69 bits per heavy atom. The number of aromatic nitrogens is 3. The Kier molecular flexibility index (Phi) is 4.83. The molecule has 0 saturated carbocycles. The first kappa shape index (κ1) is 17.8. The quantitative estimate of drug-likeness (QED) is 0.737. The standard InChI is InChI=1S/C17H17N5O3S/c1-21(2)26(24,25)15-10-8-13(9-11-15)18-17(23)16-12-22(20-19-16)14-6-4-3-5-7-14/h3-12H,1-2H3,(H,18,23). The third kappa shape index (κ3) is 3.63. The molecule has 0 atom stereocenters. The molecular formula is C17H17N5O3S. The molecule has 0 unspecified atom stereocenters. The van der Waals surface area contributed by atoms with Gasteiger partial charge in [-0.15, -0.1) is 5.10 Å². The van der Waals surface area contributed by atoms with E-state index < -0.39 is 15.9 Å². The van der Waals surface area contributed by atoms with E-state index in [1.54, 1.807) is 0 Å². The first-order chi connectivity index (χ1) is 12.4. The maximum atomic E-state index is 12.3. The van der Waals surface area contributed by atoms with Gasteiger partial charge in [-0.3, -0.25) is 4.79 Å². The summed E-state index contributed by atoms with van der Waals surface area (Å²) in [5.41, 5.74) is 1.40. The van der Waals surface area contributed by atoms with E-state index in [0.717, 1.165) is 9.99 Å². The molecule has 0 aliphatic carbocycles. The van der Waals surface area contributed by atoms with Crippen LogP contribution < -0.4 is 5.32 Å². The summed E-state index contributed by atoms with van der Waals surface area (Å²) in [6.07, 6.45) is 1.52. The predicted molar refractivity (Wildman–Crippen MR) is 96.6 cm³/mol. The topological polar surface area (TPSA) is 97.2 Å². The number of hydrogen-bond acceptors (Lipinski definition) is 5. The maximum Gasteiger partial charge on any atom is 0.277 e. The van der Waals surface area contributed by atoms with E-state index in [0.29, 0.717) is 5.69 Å². The third-order valence-corrected chi connectivity index (χ3v) is 5.47. The van der Waals surface area contributed by atoms with E-state index >= 15 is 0 Å². The van der Waals surface area contributed by atoms with Crippen LogP contribution in [0.15, 0.2) is 65.7 Å². The van der Waals surface area contributed by atoms with Crippen LogP contribution in [-0.2, 0) is 10.0 Å². The van der Waals surface area contributed by atoms with Crippen molar-refractivity contribution in [1.29, 1.82) is 0 Å². The van der Waals surface area contributed by atoms with Gasteiger partial charge < -0.3 is 5.32 Å². The lowest BCUT2D eigenvalue weighted by Crippen LogP contribution is -2.22. The molecule has 0 fully saturated rings. The first-order valence-corrected chi connectivity index (χ1v) is 9.13. The van der Waals surface area contributed by atoms with E-state index in [1.807, 2.05) is 30.3 Å². The van der Waals surface area contributed by atoms with Crippen molar-refractivity contribution in [2.75, 3.05) is 19.4 Å². The minimum atomic E-state index is -3.51. The van der Waals surface area contributed by atoms with Crippen LogP contribution in [0.5, 0.6) is 0 Å². The summed E-state index contributed by atoms with van der Waals surface area (Å²) >= 11 is 0. The van der Waals surface area contributed by atoms with Crippen LogP contribution in [0.2, 0.25) is 0 Å². The van der Waals surface area contributed by atoms with Crippen LogP contribution in [0.1, 0.15) is 10.5 Å². The molecule has 1 aromatic heterocycles. The van der Waals surface area contributed by atoms with Gasteiger partial charge in [0, 0.05) is 19.8 Å². The molecule has 0 aliphatic rings. The van der Waals surface area contributed by atoms with Crippen molar-refractivity contribution in [2.45, 2.75) is 4.90 Å². The summed E-state index contributed by atoms with van der Waals surface area (Å²) in [7, 11) is -0.588. The number of carbonyl (C=O) groups excluding carboxylic acids is 1. The van der Waals surface area contributed by atoms with Crippen molar-refractivity contribution in [3.8, 4) is 5.69 Å². The van der Waals surface area contributed by atoms with Gasteiger partial charge in [0.2, 0.25) is 10.0 Å². The lowest BCUT2D eigenvalue weighted by Gasteiger charge is -2.11. The Bertz CT molecular complexity index is 1010. The number of amides is 1. The SMILES string of the molecule is CN(C)S(=O)(=O)c1ccc(NC(=O)c2cn(-c3ccccc3)nn2)cc1. The van der Waals surface area contributed by atoms with Gasteiger partial charge in [0.25, 0.3) is 5.91 Å². The molecule has 9 heteroatoms. The van der Waals surface area contributed by atoms with Gasteiger partial charge in [-0.1, -0.05) is 23.4 Å². The first-order valence-electron chi connectivity index (χ1n) is 7.69. The highest BCUT2D eigenvalue weighted by molar-refractivity contribution is 7.89. The Balaban J connectivity index is 1.74. The monoisotopic (exact) mass is 371 g/mol. The van der Waals surface area contributed by atoms with Gasteiger partial charge in [-0.05, 0) is 36.4 Å². The summed E-state index contributed by atoms with van der Waals surface area (Å²) < 4.78 is 26.7. The van der Waals surface area contributed by atoms with E-state index in [1.165, 1.54) is 49.2 Å². The summed E-state index contributed by atoms with van der Waals surface area (Å²) in [5, 5.41) is 10.5. The lowest BCUT2D eigenvalue weighted by molar-refractivity contribution is 0.102. The molecule has 3 aromatic rings. The van der Waals surface area contributed by atoms with E-state index in [9.17, 15) is 13.2 Å². The predicted octanol–water partition coefficient (Wildman–Crippen LogP) is 1.77. The zero-order valence-electron chi connectivity index (χ0n) is 14.2. The van der Waals surface area contributed by atoms with Crippen LogP contribution >= 0.6 is 0 Å². The molecule has 2 aromatic carbocycles. The number of hydrogen-bond donors (Lipinski definition) is 1. The number of nitrogens with zero attached hydrogens (tertiary/aromatic N) is 4. The Hall–Kier alpha value is -3.04. The van der Waals surface area contributed by atoms with Crippen molar-refractivity contribution in [3.63, 3.8) is 0 Å².